The van der Waals surface area contributed by atoms with Gasteiger partial charge in [0.2, 0.25) is 17.5 Å². The summed E-state index contributed by atoms with van der Waals surface area (Å²) < 4.78 is 12.0. The summed E-state index contributed by atoms with van der Waals surface area (Å²) in [6.07, 6.45) is 6.95. The predicted molar refractivity (Wildman–Crippen MR) is 136 cm³/mol. The van der Waals surface area contributed by atoms with Gasteiger partial charge >= 0.3 is 0 Å². The number of allylic oxidation sites excluding steroid dienone is 1. The lowest BCUT2D eigenvalue weighted by Crippen LogP contribution is -2.70. The van der Waals surface area contributed by atoms with Crippen molar-refractivity contribution < 1.29 is 23.9 Å². The molecule has 5 rings (SSSR count). The van der Waals surface area contributed by atoms with Gasteiger partial charge in [-0.25, -0.2) is 0 Å². The van der Waals surface area contributed by atoms with Crippen LogP contribution in [0.2, 0.25) is 0 Å². The summed E-state index contributed by atoms with van der Waals surface area (Å²) in [6.45, 7) is 14.5. The molecule has 2 N–H and O–H groups in total. The van der Waals surface area contributed by atoms with E-state index in [2.05, 4.69) is 17.2 Å². The lowest BCUT2D eigenvalue weighted by atomic mass is 9.59. The van der Waals surface area contributed by atoms with Gasteiger partial charge in [0.1, 0.15) is 17.4 Å². The number of fused-ring (bicyclic) bond motifs is 4. The van der Waals surface area contributed by atoms with E-state index in [1.54, 1.807) is 11.0 Å². The Bertz CT molecular complexity index is 1200. The number of nitrogens with zero attached hydrogens (tertiary/aromatic N) is 1. The Balaban J connectivity index is 1.60. The van der Waals surface area contributed by atoms with Gasteiger partial charge < -0.3 is 25.0 Å². The van der Waals surface area contributed by atoms with Crippen molar-refractivity contribution in [2.75, 3.05) is 18.5 Å². The number of amides is 3. The van der Waals surface area contributed by atoms with Gasteiger partial charge in [-0.2, -0.15) is 0 Å². The molecule has 0 bridgehead atoms. The van der Waals surface area contributed by atoms with E-state index < -0.39 is 28.2 Å². The molecule has 192 valence electrons. The van der Waals surface area contributed by atoms with E-state index in [4.69, 9.17) is 9.47 Å². The number of ether oxygens (including phenoxy) is 2. The predicted octanol–water partition coefficient (Wildman–Crippen LogP) is 3.52. The molecule has 2 fully saturated rings. The normalized spacial score (nSPS) is 30.2. The van der Waals surface area contributed by atoms with E-state index in [0.29, 0.717) is 37.4 Å². The summed E-state index contributed by atoms with van der Waals surface area (Å²) in [6, 6.07) is 2.92. The molecule has 0 radical (unpaired) electrons. The average Bonchev–Trinajstić information content (AvgIpc) is 3.37. The summed E-state index contributed by atoms with van der Waals surface area (Å²) in [4.78, 5) is 42.6. The SMILES string of the molecule is C=CC(C)(C)[C@]1(C[C@@H]2NC(=O)[C@]3(OCC)CCCN3C2=O)C(=O)Nc2c1ccc1c2C=CC(C)(C)O1. The third-order valence-corrected chi connectivity index (χ3v) is 8.38. The molecule has 8 heteroatoms. The maximum Gasteiger partial charge on any atom is 0.274 e. The Morgan fingerprint density at radius 1 is 1.25 bits per heavy atom. The van der Waals surface area contributed by atoms with Crippen molar-refractivity contribution in [3.05, 3.63) is 42.0 Å². The molecule has 2 saturated heterocycles. The Morgan fingerprint density at radius 2 is 2.00 bits per heavy atom. The van der Waals surface area contributed by atoms with Gasteiger partial charge in [0, 0.05) is 30.6 Å². The lowest BCUT2D eigenvalue weighted by molar-refractivity contribution is -0.189. The fourth-order valence-corrected chi connectivity index (χ4v) is 6.31. The van der Waals surface area contributed by atoms with Crippen molar-refractivity contribution in [1.29, 1.82) is 0 Å². The molecule has 1 aromatic carbocycles. The van der Waals surface area contributed by atoms with Gasteiger partial charge in [0.15, 0.2) is 0 Å². The minimum Gasteiger partial charge on any atom is -0.483 e. The fraction of sp³-hybridized carbons (Fsp3) is 0.536. The van der Waals surface area contributed by atoms with Crippen LogP contribution in [0.1, 0.15) is 65.0 Å². The first-order valence-corrected chi connectivity index (χ1v) is 12.7. The number of nitrogens with one attached hydrogen (secondary N) is 2. The summed E-state index contributed by atoms with van der Waals surface area (Å²) in [5.41, 5.74) is -1.34. The number of benzene rings is 1. The highest BCUT2D eigenvalue weighted by Gasteiger charge is 2.62. The van der Waals surface area contributed by atoms with Crippen molar-refractivity contribution in [1.82, 2.24) is 10.2 Å². The number of piperazine rings is 1. The van der Waals surface area contributed by atoms with Gasteiger partial charge in [-0.3, -0.25) is 14.4 Å². The molecular weight excluding hydrogens is 458 g/mol. The van der Waals surface area contributed by atoms with Crippen LogP contribution >= 0.6 is 0 Å². The second-order valence-electron chi connectivity index (χ2n) is 11.3. The number of anilines is 1. The second-order valence-corrected chi connectivity index (χ2v) is 11.3. The largest absolute Gasteiger partial charge is 0.483 e. The number of carbonyl (C=O) groups excluding carboxylic acids is 3. The topological polar surface area (TPSA) is 97.0 Å². The van der Waals surface area contributed by atoms with E-state index in [1.165, 1.54) is 0 Å². The first kappa shape index (κ1) is 24.6. The lowest BCUT2D eigenvalue weighted by Gasteiger charge is -2.47. The molecule has 4 heterocycles. The van der Waals surface area contributed by atoms with Gasteiger partial charge in [-0.1, -0.05) is 26.0 Å². The molecule has 0 saturated carbocycles. The molecule has 4 aliphatic rings. The van der Waals surface area contributed by atoms with Crippen LogP contribution in [0.25, 0.3) is 6.08 Å². The first-order chi connectivity index (χ1) is 16.9. The zero-order chi connectivity index (χ0) is 26.1. The van der Waals surface area contributed by atoms with Crippen molar-refractivity contribution >= 4 is 29.5 Å². The third kappa shape index (κ3) is 3.19. The minimum absolute atomic E-state index is 0.100. The van der Waals surface area contributed by atoms with E-state index in [-0.39, 0.29) is 24.1 Å². The van der Waals surface area contributed by atoms with Crippen LogP contribution in [-0.2, 0) is 24.5 Å². The Morgan fingerprint density at radius 3 is 2.69 bits per heavy atom. The van der Waals surface area contributed by atoms with E-state index >= 15 is 0 Å². The van der Waals surface area contributed by atoms with Crippen LogP contribution in [0.4, 0.5) is 5.69 Å². The molecule has 4 aliphatic heterocycles. The van der Waals surface area contributed by atoms with Crippen LogP contribution in [0, 0.1) is 5.41 Å². The molecule has 0 aliphatic carbocycles. The highest BCUT2D eigenvalue weighted by molar-refractivity contribution is 6.10. The van der Waals surface area contributed by atoms with Crippen LogP contribution in [0.3, 0.4) is 0 Å². The number of hydrogen-bond acceptors (Lipinski definition) is 5. The first-order valence-electron chi connectivity index (χ1n) is 12.7. The van der Waals surface area contributed by atoms with Crippen molar-refractivity contribution in [3.8, 4) is 5.75 Å². The molecule has 36 heavy (non-hydrogen) atoms. The van der Waals surface area contributed by atoms with Crippen LogP contribution in [0.5, 0.6) is 5.75 Å². The summed E-state index contributed by atoms with van der Waals surface area (Å²) >= 11 is 0. The van der Waals surface area contributed by atoms with Gasteiger partial charge in [0.25, 0.3) is 5.91 Å². The minimum atomic E-state index is -1.26. The second kappa shape index (κ2) is 7.93. The van der Waals surface area contributed by atoms with Gasteiger partial charge in [-0.15, -0.1) is 6.58 Å². The summed E-state index contributed by atoms with van der Waals surface area (Å²) in [5.74, 6) is -0.0712. The Kier molecular flexibility index (Phi) is 5.41. The van der Waals surface area contributed by atoms with E-state index in [0.717, 1.165) is 11.1 Å². The number of rotatable bonds is 6. The molecule has 0 unspecified atom stereocenters. The zero-order valence-corrected chi connectivity index (χ0v) is 21.7. The average molecular weight is 494 g/mol. The molecule has 3 atom stereocenters. The number of carbonyl (C=O) groups is 3. The van der Waals surface area contributed by atoms with Crippen molar-refractivity contribution in [2.24, 2.45) is 5.41 Å². The molecule has 1 aromatic rings. The number of hydrogen-bond donors (Lipinski definition) is 2. The van der Waals surface area contributed by atoms with Crippen molar-refractivity contribution in [3.63, 3.8) is 0 Å². The highest BCUT2D eigenvalue weighted by atomic mass is 16.5. The molecule has 0 spiro atoms. The monoisotopic (exact) mass is 493 g/mol. The van der Waals surface area contributed by atoms with E-state index in [1.807, 2.05) is 58.9 Å². The Labute approximate surface area is 212 Å². The summed E-state index contributed by atoms with van der Waals surface area (Å²) in [5, 5.41) is 6.02. The molecular formula is C28H35N3O5. The van der Waals surface area contributed by atoms with E-state index in [9.17, 15) is 14.4 Å². The van der Waals surface area contributed by atoms with Crippen LogP contribution < -0.4 is 15.4 Å². The third-order valence-electron chi connectivity index (χ3n) is 8.38. The smallest absolute Gasteiger partial charge is 0.274 e. The quantitative estimate of drug-likeness (QED) is 0.591. The molecule has 3 amide bonds. The molecule has 0 aromatic heterocycles. The summed E-state index contributed by atoms with van der Waals surface area (Å²) in [7, 11) is 0. The molecule has 8 nitrogen and oxygen atoms in total. The van der Waals surface area contributed by atoms with Gasteiger partial charge in [-0.05, 0) is 57.4 Å². The standard InChI is InChI=1S/C28H35N3O5/c1-7-25(3,4)27(16-19-22(32)31-15-9-13-28(31,35-8-2)24(34)29-19)18-10-11-20-17(21(18)30-23(27)33)12-14-26(5,6)36-20/h7,10-12,14,19H,1,8-9,13,15-16H2,2-6H3,(H,29,34)(H,30,33)/t19-,27-,28+/m0/s1. The zero-order valence-electron chi connectivity index (χ0n) is 21.7. The van der Waals surface area contributed by atoms with Crippen LogP contribution in [-0.4, -0.2) is 53.1 Å². The van der Waals surface area contributed by atoms with Crippen LogP contribution in [0.15, 0.2) is 30.9 Å². The maximum absolute atomic E-state index is 13.9. The maximum atomic E-state index is 13.9. The fourth-order valence-electron chi connectivity index (χ4n) is 6.31. The highest BCUT2D eigenvalue weighted by Crippen LogP contribution is 2.56. The van der Waals surface area contributed by atoms with Gasteiger partial charge in [0.05, 0.1) is 11.1 Å². The Hall–Kier alpha value is -3.13. The van der Waals surface area contributed by atoms with Crippen molar-refractivity contribution in [2.45, 2.75) is 76.7 Å².